The molecule has 172 valence electrons. The van der Waals surface area contributed by atoms with E-state index in [0.29, 0.717) is 32.7 Å². The number of hydrogen-bond donors (Lipinski definition) is 0. The molecular weight excluding hydrogens is 468 g/mol. The van der Waals surface area contributed by atoms with Crippen molar-refractivity contribution in [1.82, 2.24) is 4.57 Å². The number of benzene rings is 2. The van der Waals surface area contributed by atoms with Gasteiger partial charge < -0.3 is 9.64 Å². The summed E-state index contributed by atoms with van der Waals surface area (Å²) in [7, 11) is 3.56. The number of hydrazone groups is 1. The number of carbonyl (C=O) groups is 1. The minimum Gasteiger partial charge on any atom is -0.497 e. The molecule has 2 aromatic carbocycles. The van der Waals surface area contributed by atoms with E-state index in [4.69, 9.17) is 4.74 Å². The average molecular weight is 491 g/mol. The van der Waals surface area contributed by atoms with Crippen molar-refractivity contribution in [1.29, 1.82) is 0 Å². The Hall–Kier alpha value is -3.56. The van der Waals surface area contributed by atoms with E-state index < -0.39 is 0 Å². The van der Waals surface area contributed by atoms with Gasteiger partial charge >= 0.3 is 0 Å². The van der Waals surface area contributed by atoms with Gasteiger partial charge in [-0.25, -0.2) is 0 Å². The highest BCUT2D eigenvalue weighted by Gasteiger charge is 2.32. The van der Waals surface area contributed by atoms with Crippen LogP contribution in [-0.4, -0.2) is 30.3 Å². The summed E-state index contributed by atoms with van der Waals surface area (Å²) < 4.78 is 8.13. The molecule has 3 heterocycles. The maximum absolute atomic E-state index is 13.6. The number of carbonyl (C=O) groups excluding carboxylic acids is 1. The van der Waals surface area contributed by atoms with Crippen LogP contribution in [0.2, 0.25) is 0 Å². The van der Waals surface area contributed by atoms with Gasteiger partial charge in [0.1, 0.15) is 20.0 Å². The SMILES string of the molecule is C=CCn1c(=C2C(=O)N(c3ccccc3)N=C2C)sc(=C2Sc3ccc(OC)cc3N2C)c1=O. The minimum absolute atomic E-state index is 0.153. The van der Waals surface area contributed by atoms with E-state index in [1.165, 1.54) is 28.1 Å². The van der Waals surface area contributed by atoms with Gasteiger partial charge in [0.25, 0.3) is 11.5 Å². The molecule has 2 aliphatic rings. The molecular formula is C25H22N4O3S2. The molecule has 9 heteroatoms. The Bertz CT molecular complexity index is 1540. The zero-order valence-corrected chi connectivity index (χ0v) is 20.6. The summed E-state index contributed by atoms with van der Waals surface area (Å²) in [4.78, 5) is 30.0. The van der Waals surface area contributed by atoms with Gasteiger partial charge in [-0.1, -0.05) is 36.0 Å². The van der Waals surface area contributed by atoms with Gasteiger partial charge in [0.05, 0.1) is 29.8 Å². The molecule has 0 bridgehead atoms. The standard InChI is InChI=1S/C25H22N4O3S2/c1-5-13-28-23(31)21(25-27(3)18-14-17(32-4)11-12-19(18)33-25)34-24(28)20-15(2)26-29(22(20)30)16-9-7-6-8-10-16/h5-12,14H,1,13H2,2-4H3. The fourth-order valence-corrected chi connectivity index (χ4v) is 6.51. The lowest BCUT2D eigenvalue weighted by Gasteiger charge is -2.13. The Morgan fingerprint density at radius 1 is 1.15 bits per heavy atom. The first-order valence-electron chi connectivity index (χ1n) is 10.6. The second kappa shape index (κ2) is 8.66. The summed E-state index contributed by atoms with van der Waals surface area (Å²) in [6, 6.07) is 15.1. The monoisotopic (exact) mass is 490 g/mol. The summed E-state index contributed by atoms with van der Waals surface area (Å²) in [5.74, 6) is 0.503. The molecule has 0 unspecified atom stereocenters. The van der Waals surface area contributed by atoms with Crippen molar-refractivity contribution < 1.29 is 9.53 Å². The summed E-state index contributed by atoms with van der Waals surface area (Å²) in [6.45, 7) is 5.90. The van der Waals surface area contributed by atoms with Crippen LogP contribution in [0.25, 0.3) is 10.6 Å². The van der Waals surface area contributed by atoms with Gasteiger partial charge in [0.2, 0.25) is 0 Å². The molecule has 0 radical (unpaired) electrons. The lowest BCUT2D eigenvalue weighted by atomic mass is 10.2. The Kier molecular flexibility index (Phi) is 5.66. The number of methoxy groups -OCH3 is 1. The van der Waals surface area contributed by atoms with Gasteiger partial charge in [-0.2, -0.15) is 10.1 Å². The number of thioether (sulfide) groups is 1. The largest absolute Gasteiger partial charge is 0.497 e. The normalized spacial score (nSPS) is 18.3. The van der Waals surface area contributed by atoms with E-state index in [1.807, 2.05) is 60.5 Å². The number of allylic oxidation sites excluding steroid dienone is 1. The number of fused-ring (bicyclic) bond motifs is 1. The third-order valence-corrected chi connectivity index (χ3v) is 8.22. The highest BCUT2D eigenvalue weighted by molar-refractivity contribution is 8.08. The van der Waals surface area contributed by atoms with E-state index in [2.05, 4.69) is 11.7 Å². The Morgan fingerprint density at radius 2 is 1.91 bits per heavy atom. The van der Waals surface area contributed by atoms with Crippen LogP contribution >= 0.6 is 23.1 Å². The first-order chi connectivity index (χ1) is 16.4. The van der Waals surface area contributed by atoms with Gasteiger partial charge in [-0.15, -0.1) is 17.9 Å². The van der Waals surface area contributed by atoms with Crippen LogP contribution < -0.4 is 29.4 Å². The Morgan fingerprint density at radius 3 is 2.62 bits per heavy atom. The number of aromatic nitrogens is 1. The van der Waals surface area contributed by atoms with Crippen molar-refractivity contribution in [3.8, 4) is 5.75 Å². The first kappa shape index (κ1) is 22.2. The molecule has 0 atom stereocenters. The number of thiazole rings is 1. The van der Waals surface area contributed by atoms with E-state index in [-0.39, 0.29) is 11.5 Å². The van der Waals surface area contributed by atoms with Gasteiger partial charge in [-0.3, -0.25) is 14.2 Å². The fourth-order valence-electron chi connectivity index (χ4n) is 3.98. The zero-order valence-electron chi connectivity index (χ0n) is 18.9. The van der Waals surface area contributed by atoms with E-state index in [9.17, 15) is 9.59 Å². The number of para-hydroxylation sites is 1. The van der Waals surface area contributed by atoms with Crippen LogP contribution in [-0.2, 0) is 11.3 Å². The second-order valence-electron chi connectivity index (χ2n) is 7.75. The second-order valence-corrected chi connectivity index (χ2v) is 9.78. The number of ether oxygens (including phenoxy) is 1. The maximum Gasteiger partial charge on any atom is 0.283 e. The maximum atomic E-state index is 13.6. The number of amides is 1. The van der Waals surface area contributed by atoms with Gasteiger partial charge in [-0.05, 0) is 31.2 Å². The van der Waals surface area contributed by atoms with E-state index >= 15 is 0 Å². The number of hydrogen-bond acceptors (Lipinski definition) is 7. The van der Waals surface area contributed by atoms with Crippen molar-refractivity contribution in [3.05, 3.63) is 80.7 Å². The van der Waals surface area contributed by atoms with Crippen molar-refractivity contribution in [3.63, 3.8) is 0 Å². The van der Waals surface area contributed by atoms with Crippen molar-refractivity contribution in [2.24, 2.45) is 5.10 Å². The molecule has 3 aromatic rings. The highest BCUT2D eigenvalue weighted by atomic mass is 32.2. The third-order valence-electron chi connectivity index (χ3n) is 5.66. The Balaban J connectivity index is 1.72. The lowest BCUT2D eigenvalue weighted by Crippen LogP contribution is -2.35. The number of nitrogens with zero attached hydrogens (tertiary/aromatic N) is 4. The van der Waals surface area contributed by atoms with Crippen LogP contribution in [0.15, 0.2) is 76.0 Å². The van der Waals surface area contributed by atoms with Crippen LogP contribution in [0, 0.1) is 0 Å². The smallest absolute Gasteiger partial charge is 0.283 e. The Labute approximate surface area is 204 Å². The predicted octanol–water partition coefficient (Wildman–Crippen LogP) is 2.99. The quantitative estimate of drug-likeness (QED) is 0.526. The van der Waals surface area contributed by atoms with Crippen molar-refractivity contribution in [2.45, 2.75) is 18.4 Å². The fraction of sp³-hybridized carbons (Fsp3) is 0.160. The molecule has 0 saturated heterocycles. The minimum atomic E-state index is -0.250. The molecule has 0 aliphatic carbocycles. The summed E-state index contributed by atoms with van der Waals surface area (Å²) in [6.07, 6.45) is 1.67. The molecule has 34 heavy (non-hydrogen) atoms. The molecule has 0 spiro atoms. The average Bonchev–Trinajstić information content (AvgIpc) is 3.45. The van der Waals surface area contributed by atoms with Crippen LogP contribution in [0.5, 0.6) is 5.75 Å². The van der Waals surface area contributed by atoms with Crippen molar-refractivity contribution in [2.75, 3.05) is 24.1 Å². The molecule has 0 saturated carbocycles. The molecule has 0 N–H and O–H groups in total. The molecule has 1 amide bonds. The van der Waals surface area contributed by atoms with Crippen LogP contribution in [0.4, 0.5) is 11.4 Å². The molecule has 7 nitrogen and oxygen atoms in total. The topological polar surface area (TPSA) is 67.1 Å². The van der Waals surface area contributed by atoms with Crippen molar-refractivity contribution >= 4 is 56.7 Å². The molecule has 5 rings (SSSR count). The predicted molar refractivity (Wildman–Crippen MR) is 139 cm³/mol. The number of anilines is 2. The molecule has 1 aromatic heterocycles. The van der Waals surface area contributed by atoms with Crippen LogP contribution in [0.3, 0.4) is 0 Å². The molecule has 0 fully saturated rings. The van der Waals surface area contributed by atoms with Crippen LogP contribution in [0.1, 0.15) is 6.92 Å². The van der Waals surface area contributed by atoms with Gasteiger partial charge in [0, 0.05) is 24.6 Å². The first-order valence-corrected chi connectivity index (χ1v) is 12.2. The number of rotatable bonds is 4. The summed E-state index contributed by atoms with van der Waals surface area (Å²) in [5, 5.41) is 6.70. The summed E-state index contributed by atoms with van der Waals surface area (Å²) in [5.41, 5.74) is 2.51. The lowest BCUT2D eigenvalue weighted by molar-refractivity contribution is -0.112. The highest BCUT2D eigenvalue weighted by Crippen LogP contribution is 2.46. The molecule has 2 aliphatic heterocycles. The van der Waals surface area contributed by atoms with E-state index in [1.54, 1.807) is 24.7 Å². The third kappa shape index (κ3) is 3.48. The summed E-state index contributed by atoms with van der Waals surface area (Å²) >= 11 is 2.85. The zero-order chi connectivity index (χ0) is 24.0. The van der Waals surface area contributed by atoms with Gasteiger partial charge in [0.15, 0.2) is 0 Å². The van der Waals surface area contributed by atoms with E-state index in [0.717, 1.165) is 21.4 Å².